The molecular formula is C15H23NO3. The molecule has 0 saturated carbocycles. The van der Waals surface area contributed by atoms with E-state index in [1.165, 1.54) is 7.11 Å². The average molecular weight is 265 g/mol. The number of nitrogens with two attached hydrogens (primary N) is 1. The molecule has 2 N–H and O–H groups in total. The van der Waals surface area contributed by atoms with Crippen LogP contribution in [0.15, 0.2) is 18.2 Å². The summed E-state index contributed by atoms with van der Waals surface area (Å²) < 4.78 is 10.4. The summed E-state index contributed by atoms with van der Waals surface area (Å²) in [6.45, 7) is 5.69. The van der Waals surface area contributed by atoms with Crippen molar-refractivity contribution >= 4 is 5.97 Å². The lowest BCUT2D eigenvalue weighted by Gasteiger charge is -2.19. The first-order chi connectivity index (χ1) is 8.99. The standard InChI is InChI=1S/C15H23NO3/c1-5-13(16)9-12-8-6-7-10(2)14(12)19-11(3)15(17)18-4/h6-8,11,13H,5,9,16H2,1-4H3. The van der Waals surface area contributed by atoms with Crippen molar-refractivity contribution in [3.05, 3.63) is 29.3 Å². The molecule has 106 valence electrons. The second kappa shape index (κ2) is 7.14. The summed E-state index contributed by atoms with van der Waals surface area (Å²) in [5.41, 5.74) is 8.02. The minimum absolute atomic E-state index is 0.0950. The molecule has 1 aromatic carbocycles. The molecule has 0 amide bonds. The molecule has 2 unspecified atom stereocenters. The molecule has 19 heavy (non-hydrogen) atoms. The van der Waals surface area contributed by atoms with Crippen LogP contribution in [0.5, 0.6) is 5.75 Å². The zero-order chi connectivity index (χ0) is 14.4. The minimum atomic E-state index is -0.622. The van der Waals surface area contributed by atoms with Crippen LogP contribution in [-0.2, 0) is 16.0 Å². The number of benzene rings is 1. The zero-order valence-electron chi connectivity index (χ0n) is 12.1. The fourth-order valence-electron chi connectivity index (χ4n) is 1.86. The smallest absolute Gasteiger partial charge is 0.346 e. The highest BCUT2D eigenvalue weighted by Gasteiger charge is 2.18. The normalized spacial score (nSPS) is 13.7. The van der Waals surface area contributed by atoms with E-state index in [2.05, 4.69) is 11.7 Å². The van der Waals surface area contributed by atoms with E-state index in [0.717, 1.165) is 29.7 Å². The lowest BCUT2D eigenvalue weighted by molar-refractivity contribution is -0.147. The number of aryl methyl sites for hydroxylation is 1. The number of methoxy groups -OCH3 is 1. The van der Waals surface area contributed by atoms with Crippen LogP contribution >= 0.6 is 0 Å². The summed E-state index contributed by atoms with van der Waals surface area (Å²) in [7, 11) is 1.36. The Kier molecular flexibility index (Phi) is 5.83. The summed E-state index contributed by atoms with van der Waals surface area (Å²) in [4.78, 5) is 11.4. The Labute approximate surface area is 114 Å². The molecular weight excluding hydrogens is 242 g/mol. The molecule has 4 heteroatoms. The monoisotopic (exact) mass is 265 g/mol. The van der Waals surface area contributed by atoms with Crippen LogP contribution in [0, 0.1) is 6.92 Å². The maximum atomic E-state index is 11.4. The van der Waals surface area contributed by atoms with Gasteiger partial charge in [-0.05, 0) is 37.8 Å². The largest absolute Gasteiger partial charge is 0.478 e. The van der Waals surface area contributed by atoms with Gasteiger partial charge in [-0.15, -0.1) is 0 Å². The van der Waals surface area contributed by atoms with Gasteiger partial charge in [0.25, 0.3) is 0 Å². The Morgan fingerprint density at radius 1 is 1.42 bits per heavy atom. The third-order valence-corrected chi connectivity index (χ3v) is 3.13. The van der Waals surface area contributed by atoms with Crippen LogP contribution in [0.4, 0.5) is 0 Å². The van der Waals surface area contributed by atoms with Crippen molar-refractivity contribution in [2.45, 2.75) is 45.8 Å². The first kappa shape index (κ1) is 15.5. The highest BCUT2D eigenvalue weighted by atomic mass is 16.6. The number of hydrogen-bond donors (Lipinski definition) is 1. The van der Waals surface area contributed by atoms with Gasteiger partial charge in [-0.25, -0.2) is 4.79 Å². The van der Waals surface area contributed by atoms with Gasteiger partial charge >= 0.3 is 5.97 Å². The number of carbonyl (C=O) groups is 1. The van der Waals surface area contributed by atoms with Crippen molar-refractivity contribution in [1.82, 2.24) is 0 Å². The fraction of sp³-hybridized carbons (Fsp3) is 0.533. The quantitative estimate of drug-likeness (QED) is 0.801. The highest BCUT2D eigenvalue weighted by Crippen LogP contribution is 2.26. The van der Waals surface area contributed by atoms with E-state index in [0.29, 0.717) is 0 Å². The second-order valence-electron chi connectivity index (χ2n) is 4.72. The van der Waals surface area contributed by atoms with Crippen LogP contribution in [0.25, 0.3) is 0 Å². The summed E-state index contributed by atoms with van der Waals surface area (Å²) >= 11 is 0. The van der Waals surface area contributed by atoms with Crippen molar-refractivity contribution < 1.29 is 14.3 Å². The topological polar surface area (TPSA) is 61.5 Å². The average Bonchev–Trinajstić information content (AvgIpc) is 2.41. The van der Waals surface area contributed by atoms with Crippen LogP contribution < -0.4 is 10.5 Å². The number of ether oxygens (including phenoxy) is 2. The minimum Gasteiger partial charge on any atom is -0.478 e. The molecule has 4 nitrogen and oxygen atoms in total. The van der Waals surface area contributed by atoms with Gasteiger partial charge in [-0.1, -0.05) is 25.1 Å². The van der Waals surface area contributed by atoms with Crippen molar-refractivity contribution in [3.8, 4) is 5.75 Å². The van der Waals surface area contributed by atoms with Crippen LogP contribution in [0.3, 0.4) is 0 Å². The molecule has 2 atom stereocenters. The predicted molar refractivity (Wildman–Crippen MR) is 75.3 cm³/mol. The third-order valence-electron chi connectivity index (χ3n) is 3.13. The maximum absolute atomic E-state index is 11.4. The number of carbonyl (C=O) groups excluding carboxylic acids is 1. The van der Waals surface area contributed by atoms with Crippen LogP contribution in [0.2, 0.25) is 0 Å². The van der Waals surface area contributed by atoms with Crippen LogP contribution in [-0.4, -0.2) is 25.2 Å². The molecule has 0 aromatic heterocycles. The Balaban J connectivity index is 2.94. The lowest BCUT2D eigenvalue weighted by atomic mass is 10.0. The zero-order valence-corrected chi connectivity index (χ0v) is 12.1. The van der Waals surface area contributed by atoms with E-state index in [1.807, 2.05) is 25.1 Å². The van der Waals surface area contributed by atoms with E-state index >= 15 is 0 Å². The molecule has 0 heterocycles. The molecule has 0 bridgehead atoms. The van der Waals surface area contributed by atoms with Crippen molar-refractivity contribution in [2.24, 2.45) is 5.73 Å². The highest BCUT2D eigenvalue weighted by molar-refractivity contribution is 5.74. The summed E-state index contributed by atoms with van der Waals surface area (Å²) in [5.74, 6) is 0.360. The molecule has 0 aliphatic heterocycles. The number of hydrogen-bond acceptors (Lipinski definition) is 4. The van der Waals surface area contributed by atoms with E-state index in [-0.39, 0.29) is 12.0 Å². The van der Waals surface area contributed by atoms with Gasteiger partial charge in [0, 0.05) is 6.04 Å². The SMILES string of the molecule is CCC(N)Cc1cccc(C)c1OC(C)C(=O)OC. The molecule has 1 aromatic rings. The Hall–Kier alpha value is -1.55. The predicted octanol–water partition coefficient (Wildman–Crippen LogP) is 2.22. The fourth-order valence-corrected chi connectivity index (χ4v) is 1.86. The van der Waals surface area contributed by atoms with Crippen molar-refractivity contribution in [3.63, 3.8) is 0 Å². The summed E-state index contributed by atoms with van der Waals surface area (Å²) in [6.07, 6.45) is 1.02. The number of para-hydroxylation sites is 1. The van der Waals surface area contributed by atoms with Crippen molar-refractivity contribution in [1.29, 1.82) is 0 Å². The van der Waals surface area contributed by atoms with Gasteiger partial charge in [0.2, 0.25) is 0 Å². The summed E-state index contributed by atoms with van der Waals surface area (Å²) in [6, 6.07) is 6.02. The molecule has 0 aliphatic carbocycles. The first-order valence-electron chi connectivity index (χ1n) is 6.58. The molecule has 0 saturated heterocycles. The van der Waals surface area contributed by atoms with Gasteiger partial charge in [0.05, 0.1) is 7.11 Å². The van der Waals surface area contributed by atoms with E-state index < -0.39 is 6.10 Å². The Bertz CT molecular complexity index is 431. The lowest BCUT2D eigenvalue weighted by Crippen LogP contribution is -2.27. The van der Waals surface area contributed by atoms with Gasteiger partial charge in [0.15, 0.2) is 6.10 Å². The number of esters is 1. The Morgan fingerprint density at radius 3 is 2.68 bits per heavy atom. The molecule has 0 spiro atoms. The van der Waals surface area contributed by atoms with Gasteiger partial charge in [-0.3, -0.25) is 0 Å². The first-order valence-corrected chi connectivity index (χ1v) is 6.58. The molecule has 0 aliphatic rings. The van der Waals surface area contributed by atoms with E-state index in [1.54, 1.807) is 6.92 Å². The van der Waals surface area contributed by atoms with Crippen molar-refractivity contribution in [2.75, 3.05) is 7.11 Å². The van der Waals surface area contributed by atoms with Gasteiger partial charge < -0.3 is 15.2 Å². The van der Waals surface area contributed by atoms with E-state index in [9.17, 15) is 4.79 Å². The van der Waals surface area contributed by atoms with E-state index in [4.69, 9.17) is 10.5 Å². The second-order valence-corrected chi connectivity index (χ2v) is 4.72. The maximum Gasteiger partial charge on any atom is 0.346 e. The molecule has 0 radical (unpaired) electrons. The number of rotatable bonds is 6. The summed E-state index contributed by atoms with van der Waals surface area (Å²) in [5, 5.41) is 0. The molecule has 1 rings (SSSR count). The van der Waals surface area contributed by atoms with Gasteiger partial charge in [0.1, 0.15) is 5.75 Å². The van der Waals surface area contributed by atoms with Crippen LogP contribution in [0.1, 0.15) is 31.4 Å². The third kappa shape index (κ3) is 4.24. The molecule has 0 fully saturated rings. The van der Waals surface area contributed by atoms with Gasteiger partial charge in [-0.2, -0.15) is 0 Å². The Morgan fingerprint density at radius 2 is 2.11 bits per heavy atom.